The third-order valence-electron chi connectivity index (χ3n) is 1.81. The third-order valence-corrected chi connectivity index (χ3v) is 1.81. The Morgan fingerprint density at radius 2 is 1.39 bits per heavy atom. The van der Waals surface area contributed by atoms with Crippen LogP contribution in [0.5, 0.6) is 0 Å². The predicted molar refractivity (Wildman–Crippen MR) is 69.6 cm³/mol. The molecule has 0 fully saturated rings. The molecule has 0 unspecified atom stereocenters. The van der Waals surface area contributed by atoms with Crippen molar-refractivity contribution < 1.29 is 19.8 Å². The van der Waals surface area contributed by atoms with Crippen molar-refractivity contribution in [3.05, 3.63) is 24.3 Å². The van der Waals surface area contributed by atoms with Crippen LogP contribution in [-0.2, 0) is 9.59 Å². The number of hydrogen-bond donors (Lipinski definition) is 3. The molecule has 0 aromatic heterocycles. The summed E-state index contributed by atoms with van der Waals surface area (Å²) in [4.78, 5) is 22.4. The van der Waals surface area contributed by atoms with Crippen LogP contribution in [0.2, 0.25) is 0 Å². The van der Waals surface area contributed by atoms with E-state index in [-0.39, 0.29) is 32.2 Å². The summed E-state index contributed by atoms with van der Waals surface area (Å²) < 4.78 is 0. The van der Waals surface area contributed by atoms with Gasteiger partial charge in [-0.3, -0.25) is 9.59 Å². The summed E-state index contributed by atoms with van der Waals surface area (Å²) in [6, 6.07) is 0. The van der Waals surface area contributed by atoms with E-state index >= 15 is 0 Å². The Balaban J connectivity index is 0. The Morgan fingerprint density at radius 3 is 1.56 bits per heavy atom. The molecule has 0 aromatic carbocycles. The first kappa shape index (κ1) is 18.7. The van der Waals surface area contributed by atoms with E-state index in [4.69, 9.17) is 15.9 Å². The van der Waals surface area contributed by atoms with Crippen LogP contribution in [-0.4, -0.2) is 53.2 Å². The average Bonchev–Trinajstić information content (AvgIpc) is 2.28. The number of rotatable bonds is 6. The fourth-order valence-corrected chi connectivity index (χ4v) is 0.826. The Hall–Kier alpha value is -1.66. The molecule has 0 rings (SSSR count). The summed E-state index contributed by atoms with van der Waals surface area (Å²) >= 11 is 0. The summed E-state index contributed by atoms with van der Waals surface area (Å²) in [6.45, 7) is 10.2. The molecule has 6 heteroatoms. The maximum absolute atomic E-state index is 11.2. The van der Waals surface area contributed by atoms with Crippen molar-refractivity contribution in [2.45, 2.75) is 13.8 Å². The molecule has 0 saturated carbocycles. The van der Waals surface area contributed by atoms with E-state index in [1.165, 1.54) is 4.90 Å². The topological polar surface area (TPSA) is 104 Å². The van der Waals surface area contributed by atoms with Crippen LogP contribution in [0.25, 0.3) is 0 Å². The quantitative estimate of drug-likeness (QED) is 0.555. The first-order valence-corrected chi connectivity index (χ1v) is 5.39. The van der Waals surface area contributed by atoms with Gasteiger partial charge in [0.25, 0.3) is 0 Å². The highest BCUT2D eigenvalue weighted by molar-refractivity contribution is 5.92. The van der Waals surface area contributed by atoms with E-state index < -0.39 is 5.91 Å². The van der Waals surface area contributed by atoms with Crippen molar-refractivity contribution in [1.29, 1.82) is 0 Å². The number of nitrogens with two attached hydrogens (primary N) is 1. The molecule has 18 heavy (non-hydrogen) atoms. The van der Waals surface area contributed by atoms with Crippen LogP contribution >= 0.6 is 0 Å². The summed E-state index contributed by atoms with van der Waals surface area (Å²) in [5.74, 6) is -0.659. The summed E-state index contributed by atoms with van der Waals surface area (Å²) in [5.41, 5.74) is 5.51. The predicted octanol–water partition coefficient (Wildman–Crippen LogP) is -0.576. The lowest BCUT2D eigenvalue weighted by Gasteiger charge is -2.20. The molecule has 0 heterocycles. The standard InChI is InChI=1S/C8H15NO3.C4H7NO/c1-7(2)8(12)9(3-5-10)4-6-11;1-3(2)4(5)6/h10-11H,1,3-6H2,2H3;1H2,2H3,(H2,5,6). The van der Waals surface area contributed by atoms with E-state index in [0.29, 0.717) is 11.1 Å². The number of amides is 2. The van der Waals surface area contributed by atoms with E-state index in [9.17, 15) is 9.59 Å². The van der Waals surface area contributed by atoms with Crippen LogP contribution in [0.3, 0.4) is 0 Å². The number of aliphatic hydroxyl groups excluding tert-OH is 2. The minimum atomic E-state index is -0.435. The highest BCUT2D eigenvalue weighted by Gasteiger charge is 2.11. The van der Waals surface area contributed by atoms with Crippen LogP contribution in [0.4, 0.5) is 0 Å². The second kappa shape index (κ2) is 10.5. The van der Waals surface area contributed by atoms with E-state index in [0.717, 1.165) is 0 Å². The van der Waals surface area contributed by atoms with Crippen LogP contribution in [0, 0.1) is 0 Å². The van der Waals surface area contributed by atoms with Gasteiger partial charge in [-0.05, 0) is 13.8 Å². The molecular formula is C12H22N2O4. The van der Waals surface area contributed by atoms with Crippen molar-refractivity contribution in [2.24, 2.45) is 5.73 Å². The molecule has 0 aliphatic heterocycles. The van der Waals surface area contributed by atoms with Gasteiger partial charge in [-0.25, -0.2) is 0 Å². The van der Waals surface area contributed by atoms with Gasteiger partial charge in [0.1, 0.15) is 0 Å². The fourth-order valence-electron chi connectivity index (χ4n) is 0.826. The Morgan fingerprint density at radius 1 is 1.06 bits per heavy atom. The highest BCUT2D eigenvalue weighted by Crippen LogP contribution is 1.97. The molecule has 0 aliphatic rings. The van der Waals surface area contributed by atoms with Crippen molar-refractivity contribution in [3.8, 4) is 0 Å². The lowest BCUT2D eigenvalue weighted by Crippen LogP contribution is -2.36. The van der Waals surface area contributed by atoms with Crippen molar-refractivity contribution in [1.82, 2.24) is 4.90 Å². The summed E-state index contributed by atoms with van der Waals surface area (Å²) in [6.07, 6.45) is 0. The number of aliphatic hydroxyl groups is 2. The molecular weight excluding hydrogens is 236 g/mol. The zero-order valence-corrected chi connectivity index (χ0v) is 11.0. The normalized spacial score (nSPS) is 8.89. The number of carbonyl (C=O) groups excluding carboxylic acids is 2. The Bertz CT molecular complexity index is 295. The van der Waals surface area contributed by atoms with Gasteiger partial charge in [0.05, 0.1) is 13.2 Å². The van der Waals surface area contributed by atoms with Crippen LogP contribution in [0.1, 0.15) is 13.8 Å². The van der Waals surface area contributed by atoms with Gasteiger partial charge in [0.2, 0.25) is 11.8 Å². The van der Waals surface area contributed by atoms with Crippen molar-refractivity contribution >= 4 is 11.8 Å². The molecule has 0 aromatic rings. The zero-order chi connectivity index (χ0) is 14.7. The van der Waals surface area contributed by atoms with Gasteiger partial charge in [0, 0.05) is 24.2 Å². The molecule has 104 valence electrons. The summed E-state index contributed by atoms with van der Waals surface area (Å²) in [7, 11) is 0. The minimum Gasteiger partial charge on any atom is -0.395 e. The van der Waals surface area contributed by atoms with Crippen LogP contribution in [0.15, 0.2) is 24.3 Å². The molecule has 0 bridgehead atoms. The van der Waals surface area contributed by atoms with Crippen molar-refractivity contribution in [3.63, 3.8) is 0 Å². The van der Waals surface area contributed by atoms with Gasteiger partial charge >= 0.3 is 0 Å². The SMILES string of the molecule is C=C(C)C(=O)N(CCO)CCO.C=C(C)C(N)=O. The zero-order valence-electron chi connectivity index (χ0n) is 11.0. The number of nitrogens with zero attached hydrogens (tertiary/aromatic N) is 1. The van der Waals surface area contributed by atoms with E-state index in [1.807, 2.05) is 0 Å². The van der Waals surface area contributed by atoms with Crippen molar-refractivity contribution in [2.75, 3.05) is 26.3 Å². The van der Waals surface area contributed by atoms with E-state index in [2.05, 4.69) is 13.2 Å². The maximum atomic E-state index is 11.2. The summed E-state index contributed by atoms with van der Waals surface area (Å²) in [5, 5.41) is 17.2. The van der Waals surface area contributed by atoms with Gasteiger partial charge in [-0.1, -0.05) is 13.2 Å². The molecule has 2 amide bonds. The fraction of sp³-hybridized carbons (Fsp3) is 0.500. The highest BCUT2D eigenvalue weighted by atomic mass is 16.3. The van der Waals surface area contributed by atoms with Gasteiger partial charge in [-0.2, -0.15) is 0 Å². The monoisotopic (exact) mass is 258 g/mol. The maximum Gasteiger partial charge on any atom is 0.249 e. The average molecular weight is 258 g/mol. The molecule has 0 saturated heterocycles. The Kier molecular flexibility index (Phi) is 10.9. The molecule has 6 nitrogen and oxygen atoms in total. The number of primary amides is 1. The third kappa shape index (κ3) is 9.56. The lowest BCUT2D eigenvalue weighted by atomic mass is 10.3. The van der Waals surface area contributed by atoms with Gasteiger partial charge in [0.15, 0.2) is 0 Å². The molecule has 0 aliphatic carbocycles. The molecule has 0 radical (unpaired) electrons. The van der Waals surface area contributed by atoms with E-state index in [1.54, 1.807) is 13.8 Å². The largest absolute Gasteiger partial charge is 0.395 e. The first-order valence-electron chi connectivity index (χ1n) is 5.39. The number of carbonyl (C=O) groups is 2. The smallest absolute Gasteiger partial charge is 0.249 e. The van der Waals surface area contributed by atoms with Gasteiger partial charge in [-0.15, -0.1) is 0 Å². The molecule has 0 spiro atoms. The second-order valence-electron chi connectivity index (χ2n) is 3.66. The first-order chi connectivity index (χ1) is 8.27. The molecule has 4 N–H and O–H groups in total. The molecule has 0 atom stereocenters. The number of hydrogen-bond acceptors (Lipinski definition) is 4. The van der Waals surface area contributed by atoms with Gasteiger partial charge < -0.3 is 20.8 Å². The lowest BCUT2D eigenvalue weighted by molar-refractivity contribution is -0.128. The Labute approximate surface area is 107 Å². The van der Waals surface area contributed by atoms with Crippen LogP contribution < -0.4 is 5.73 Å². The minimum absolute atomic E-state index is 0.0982. The second-order valence-corrected chi connectivity index (χ2v) is 3.66.